The number of hydrogen-bond acceptors (Lipinski definition) is 3. The molecule has 1 aromatic rings. The summed E-state index contributed by atoms with van der Waals surface area (Å²) in [6, 6.07) is 7.93. The predicted molar refractivity (Wildman–Crippen MR) is 80.2 cm³/mol. The average molecular weight is 276 g/mol. The summed E-state index contributed by atoms with van der Waals surface area (Å²) in [4.78, 5) is 14.3. The Morgan fingerprint density at radius 2 is 2.25 bits per heavy atom. The van der Waals surface area contributed by atoms with Gasteiger partial charge in [-0.3, -0.25) is 4.79 Å². The predicted octanol–water partition coefficient (Wildman–Crippen LogP) is 1.96. The third kappa shape index (κ3) is 3.97. The van der Waals surface area contributed by atoms with Gasteiger partial charge in [0, 0.05) is 31.3 Å². The number of amides is 1. The van der Waals surface area contributed by atoms with Crippen molar-refractivity contribution in [1.82, 2.24) is 4.90 Å². The van der Waals surface area contributed by atoms with E-state index in [-0.39, 0.29) is 18.6 Å². The molecule has 1 atom stereocenters. The summed E-state index contributed by atoms with van der Waals surface area (Å²) in [5, 5.41) is 9.10. The first-order valence-corrected chi connectivity index (χ1v) is 7.45. The van der Waals surface area contributed by atoms with Gasteiger partial charge in [-0.25, -0.2) is 0 Å². The zero-order valence-electron chi connectivity index (χ0n) is 11.9. The number of nitrogens with zero attached hydrogens (tertiary/aromatic N) is 1. The number of nitrogens with two attached hydrogens (primary N) is 1. The first-order chi connectivity index (χ1) is 9.70. The van der Waals surface area contributed by atoms with E-state index in [9.17, 15) is 4.79 Å². The maximum Gasteiger partial charge on any atom is 0.223 e. The molecule has 1 amide bonds. The molecule has 1 unspecified atom stereocenters. The number of anilines is 1. The molecule has 1 heterocycles. The Kier molecular flexibility index (Phi) is 5.41. The molecule has 3 N–H and O–H groups in total. The van der Waals surface area contributed by atoms with Crippen LogP contribution in [-0.2, 0) is 11.2 Å². The zero-order chi connectivity index (χ0) is 14.4. The van der Waals surface area contributed by atoms with Crippen molar-refractivity contribution in [1.29, 1.82) is 0 Å². The molecule has 110 valence electrons. The van der Waals surface area contributed by atoms with Gasteiger partial charge in [0.15, 0.2) is 0 Å². The number of aliphatic hydroxyl groups is 1. The molecule has 0 saturated carbocycles. The van der Waals surface area contributed by atoms with Gasteiger partial charge in [-0.15, -0.1) is 0 Å². The van der Waals surface area contributed by atoms with Crippen molar-refractivity contribution in [2.75, 3.05) is 18.9 Å². The average Bonchev–Trinajstić information content (AvgIpc) is 2.46. The highest BCUT2D eigenvalue weighted by molar-refractivity contribution is 5.77. The summed E-state index contributed by atoms with van der Waals surface area (Å²) >= 11 is 0. The molecular formula is C16H24N2O2. The van der Waals surface area contributed by atoms with E-state index in [4.69, 9.17) is 10.8 Å². The molecule has 0 radical (unpaired) electrons. The van der Waals surface area contributed by atoms with Crippen LogP contribution in [0, 0.1) is 0 Å². The van der Waals surface area contributed by atoms with Crippen LogP contribution in [0.15, 0.2) is 24.3 Å². The molecule has 0 aliphatic carbocycles. The number of nitrogen functional groups attached to an aromatic ring is 1. The lowest BCUT2D eigenvalue weighted by Crippen LogP contribution is -2.44. The van der Waals surface area contributed by atoms with Crippen LogP contribution in [0.3, 0.4) is 0 Å². The van der Waals surface area contributed by atoms with E-state index in [0.717, 1.165) is 43.5 Å². The van der Waals surface area contributed by atoms with E-state index >= 15 is 0 Å². The zero-order valence-corrected chi connectivity index (χ0v) is 11.9. The lowest BCUT2D eigenvalue weighted by Gasteiger charge is -2.35. The van der Waals surface area contributed by atoms with Crippen LogP contribution in [0.1, 0.15) is 37.7 Å². The highest BCUT2D eigenvalue weighted by Crippen LogP contribution is 2.21. The number of hydrogen-bond donors (Lipinski definition) is 2. The number of aryl methyl sites for hydroxylation is 1. The first-order valence-electron chi connectivity index (χ1n) is 7.45. The summed E-state index contributed by atoms with van der Waals surface area (Å²) in [5.41, 5.74) is 7.59. The van der Waals surface area contributed by atoms with Crippen molar-refractivity contribution in [3.05, 3.63) is 29.8 Å². The molecule has 1 saturated heterocycles. The van der Waals surface area contributed by atoms with Gasteiger partial charge in [-0.2, -0.15) is 0 Å². The van der Waals surface area contributed by atoms with Crippen LogP contribution in [0.4, 0.5) is 5.69 Å². The SMILES string of the molecule is Nc1cccc(CCC(=O)N2CCCCC2CCO)c1. The van der Waals surface area contributed by atoms with Gasteiger partial charge in [0.1, 0.15) is 0 Å². The molecule has 2 rings (SSSR count). The van der Waals surface area contributed by atoms with E-state index in [1.54, 1.807) is 0 Å². The van der Waals surface area contributed by atoms with Crippen LogP contribution in [-0.4, -0.2) is 35.1 Å². The Labute approximate surface area is 120 Å². The summed E-state index contributed by atoms with van der Waals surface area (Å²) in [6.07, 6.45) is 5.20. The highest BCUT2D eigenvalue weighted by Gasteiger charge is 2.25. The number of rotatable bonds is 5. The second-order valence-electron chi connectivity index (χ2n) is 5.49. The first kappa shape index (κ1) is 14.9. The van der Waals surface area contributed by atoms with Crippen LogP contribution in [0.2, 0.25) is 0 Å². The molecule has 20 heavy (non-hydrogen) atoms. The van der Waals surface area contributed by atoms with Crippen LogP contribution in [0.5, 0.6) is 0 Å². The van der Waals surface area contributed by atoms with Crippen LogP contribution in [0.25, 0.3) is 0 Å². The topological polar surface area (TPSA) is 66.6 Å². The van der Waals surface area contributed by atoms with Gasteiger partial charge in [-0.1, -0.05) is 12.1 Å². The van der Waals surface area contributed by atoms with Crippen LogP contribution < -0.4 is 5.73 Å². The Balaban J connectivity index is 1.89. The second-order valence-corrected chi connectivity index (χ2v) is 5.49. The quantitative estimate of drug-likeness (QED) is 0.808. The van der Waals surface area contributed by atoms with Crippen molar-refractivity contribution in [3.8, 4) is 0 Å². The monoisotopic (exact) mass is 276 g/mol. The minimum Gasteiger partial charge on any atom is -0.399 e. The lowest BCUT2D eigenvalue weighted by molar-refractivity contribution is -0.135. The van der Waals surface area contributed by atoms with Crippen molar-refractivity contribution >= 4 is 11.6 Å². The fourth-order valence-electron chi connectivity index (χ4n) is 2.92. The number of piperidine rings is 1. The molecule has 1 fully saturated rings. The van der Waals surface area contributed by atoms with Gasteiger partial charge in [0.2, 0.25) is 5.91 Å². The Morgan fingerprint density at radius 1 is 1.40 bits per heavy atom. The summed E-state index contributed by atoms with van der Waals surface area (Å²) in [7, 11) is 0. The molecule has 0 spiro atoms. The number of aliphatic hydroxyl groups excluding tert-OH is 1. The Hall–Kier alpha value is -1.55. The molecule has 1 aromatic carbocycles. The fraction of sp³-hybridized carbons (Fsp3) is 0.562. The fourth-order valence-corrected chi connectivity index (χ4v) is 2.92. The molecule has 1 aliphatic heterocycles. The Bertz CT molecular complexity index is 446. The number of benzene rings is 1. The van der Waals surface area contributed by atoms with Gasteiger partial charge >= 0.3 is 0 Å². The van der Waals surface area contributed by atoms with E-state index in [2.05, 4.69) is 0 Å². The van der Waals surface area contributed by atoms with Gasteiger partial charge in [0.25, 0.3) is 0 Å². The van der Waals surface area contributed by atoms with Gasteiger partial charge in [-0.05, 0) is 49.8 Å². The normalized spacial score (nSPS) is 19.1. The molecule has 4 heteroatoms. The smallest absolute Gasteiger partial charge is 0.223 e. The van der Waals surface area contributed by atoms with Crippen molar-refractivity contribution in [2.24, 2.45) is 0 Å². The summed E-state index contributed by atoms with van der Waals surface area (Å²) in [5.74, 6) is 0.200. The number of carbonyl (C=O) groups excluding carboxylic acids is 1. The van der Waals surface area contributed by atoms with Crippen molar-refractivity contribution in [3.63, 3.8) is 0 Å². The Morgan fingerprint density at radius 3 is 3.00 bits per heavy atom. The van der Waals surface area contributed by atoms with Gasteiger partial charge < -0.3 is 15.7 Å². The molecule has 1 aliphatic rings. The molecule has 0 bridgehead atoms. The van der Waals surface area contributed by atoms with Crippen LogP contribution >= 0.6 is 0 Å². The minimum absolute atomic E-state index is 0.156. The van der Waals surface area contributed by atoms with E-state index < -0.39 is 0 Å². The highest BCUT2D eigenvalue weighted by atomic mass is 16.3. The summed E-state index contributed by atoms with van der Waals surface area (Å²) < 4.78 is 0. The second kappa shape index (κ2) is 7.29. The van der Waals surface area contributed by atoms with E-state index in [0.29, 0.717) is 12.8 Å². The number of likely N-dealkylation sites (tertiary alicyclic amines) is 1. The van der Waals surface area contributed by atoms with Gasteiger partial charge in [0.05, 0.1) is 0 Å². The van der Waals surface area contributed by atoms with E-state index in [1.165, 1.54) is 0 Å². The third-order valence-electron chi connectivity index (χ3n) is 3.99. The molecular weight excluding hydrogens is 252 g/mol. The standard InChI is InChI=1S/C16H24N2O2/c17-14-5-3-4-13(12-14)7-8-16(20)18-10-2-1-6-15(18)9-11-19/h3-5,12,15,19H,1-2,6-11,17H2. The summed E-state index contributed by atoms with van der Waals surface area (Å²) in [6.45, 7) is 0.990. The van der Waals surface area contributed by atoms with Crippen molar-refractivity contribution < 1.29 is 9.90 Å². The number of carbonyl (C=O) groups is 1. The maximum absolute atomic E-state index is 12.4. The third-order valence-corrected chi connectivity index (χ3v) is 3.99. The largest absolute Gasteiger partial charge is 0.399 e. The van der Waals surface area contributed by atoms with E-state index in [1.807, 2.05) is 29.2 Å². The van der Waals surface area contributed by atoms with Crippen molar-refractivity contribution in [2.45, 2.75) is 44.6 Å². The molecule has 4 nitrogen and oxygen atoms in total. The lowest BCUT2D eigenvalue weighted by atomic mass is 9.98. The maximum atomic E-state index is 12.4. The minimum atomic E-state index is 0.156. The molecule has 0 aromatic heterocycles.